The fourth-order valence-corrected chi connectivity index (χ4v) is 1.56. The molecule has 16 heavy (non-hydrogen) atoms. The molecule has 0 unspecified atom stereocenters. The second-order valence-electron chi connectivity index (χ2n) is 4.23. The lowest BCUT2D eigenvalue weighted by Crippen LogP contribution is -2.07. The third kappa shape index (κ3) is 3.26. The van der Waals surface area contributed by atoms with Crippen LogP contribution in [-0.4, -0.2) is 12.6 Å². The summed E-state index contributed by atoms with van der Waals surface area (Å²) in [6, 6.07) is 5.30. The van der Waals surface area contributed by atoms with E-state index in [4.69, 9.17) is 10.5 Å². The zero-order valence-corrected chi connectivity index (χ0v) is 10.1. The smallest absolute Gasteiger partial charge is 0.338 e. The molecule has 3 heteroatoms. The molecule has 3 nitrogen and oxygen atoms in total. The molecule has 1 aromatic carbocycles. The molecule has 0 spiro atoms. The van der Waals surface area contributed by atoms with Crippen molar-refractivity contribution in [3.8, 4) is 0 Å². The minimum atomic E-state index is -0.285. The number of hydrogen-bond donors (Lipinski definition) is 1. The molecular formula is C13H19NO2. The van der Waals surface area contributed by atoms with Gasteiger partial charge in [0.25, 0.3) is 0 Å². The van der Waals surface area contributed by atoms with Crippen molar-refractivity contribution in [2.45, 2.75) is 27.2 Å². The summed E-state index contributed by atoms with van der Waals surface area (Å²) < 4.78 is 4.95. The Kier molecular flexibility index (Phi) is 4.35. The Morgan fingerprint density at radius 2 is 2.12 bits per heavy atom. The number of esters is 1. The fraction of sp³-hybridized carbons (Fsp3) is 0.462. The number of carbonyl (C=O) groups is 1. The zero-order valence-electron chi connectivity index (χ0n) is 10.1. The first-order chi connectivity index (χ1) is 7.54. The molecule has 0 aliphatic carbocycles. The summed E-state index contributed by atoms with van der Waals surface area (Å²) in [7, 11) is 0. The van der Waals surface area contributed by atoms with E-state index in [1.807, 2.05) is 6.07 Å². The monoisotopic (exact) mass is 221 g/mol. The number of ether oxygens (including phenoxy) is 1. The summed E-state index contributed by atoms with van der Waals surface area (Å²) in [6.45, 7) is 6.43. The molecule has 0 aliphatic rings. The quantitative estimate of drug-likeness (QED) is 0.628. The Hall–Kier alpha value is -1.51. The van der Waals surface area contributed by atoms with Crippen LogP contribution in [0.4, 0.5) is 5.69 Å². The lowest BCUT2D eigenvalue weighted by molar-refractivity contribution is 0.0526. The molecule has 0 saturated carbocycles. The van der Waals surface area contributed by atoms with Crippen LogP contribution in [0, 0.1) is 5.92 Å². The minimum Gasteiger partial charge on any atom is -0.462 e. The molecule has 0 fully saturated rings. The van der Waals surface area contributed by atoms with E-state index in [0.717, 1.165) is 17.7 Å². The van der Waals surface area contributed by atoms with Crippen LogP contribution in [0.15, 0.2) is 18.2 Å². The zero-order chi connectivity index (χ0) is 12.1. The summed E-state index contributed by atoms with van der Waals surface area (Å²) in [5.74, 6) is 0.229. The molecule has 1 aromatic rings. The predicted octanol–water partition coefficient (Wildman–Crippen LogP) is 2.64. The van der Waals surface area contributed by atoms with Crippen molar-refractivity contribution in [3.05, 3.63) is 29.3 Å². The summed E-state index contributed by atoms with van der Waals surface area (Å²) in [5, 5.41) is 0. The van der Waals surface area contributed by atoms with Crippen LogP contribution < -0.4 is 5.73 Å². The third-order valence-corrected chi connectivity index (χ3v) is 2.28. The van der Waals surface area contributed by atoms with Gasteiger partial charge in [0.15, 0.2) is 0 Å². The number of carbonyl (C=O) groups excluding carboxylic acids is 1. The Morgan fingerprint density at radius 1 is 1.44 bits per heavy atom. The van der Waals surface area contributed by atoms with Gasteiger partial charge < -0.3 is 10.5 Å². The highest BCUT2D eigenvalue weighted by Gasteiger charge is 2.09. The second-order valence-corrected chi connectivity index (χ2v) is 4.23. The highest BCUT2D eigenvalue weighted by atomic mass is 16.5. The van der Waals surface area contributed by atoms with Crippen molar-refractivity contribution in [2.24, 2.45) is 5.92 Å². The van der Waals surface area contributed by atoms with E-state index in [0.29, 0.717) is 18.1 Å². The van der Waals surface area contributed by atoms with E-state index in [1.165, 1.54) is 0 Å². The number of nitrogens with two attached hydrogens (primary N) is 1. The van der Waals surface area contributed by atoms with Gasteiger partial charge in [-0.15, -0.1) is 0 Å². The highest BCUT2D eigenvalue weighted by molar-refractivity contribution is 5.90. The van der Waals surface area contributed by atoms with E-state index in [2.05, 4.69) is 13.8 Å². The van der Waals surface area contributed by atoms with Gasteiger partial charge in [0.2, 0.25) is 0 Å². The van der Waals surface area contributed by atoms with Crippen molar-refractivity contribution < 1.29 is 9.53 Å². The van der Waals surface area contributed by atoms with Crippen LogP contribution in [0.2, 0.25) is 0 Å². The minimum absolute atomic E-state index is 0.285. The molecule has 0 saturated heterocycles. The van der Waals surface area contributed by atoms with Gasteiger partial charge in [-0.2, -0.15) is 0 Å². The van der Waals surface area contributed by atoms with Crippen molar-refractivity contribution in [3.63, 3.8) is 0 Å². The highest BCUT2D eigenvalue weighted by Crippen LogP contribution is 2.18. The van der Waals surface area contributed by atoms with Crippen LogP contribution >= 0.6 is 0 Å². The lowest BCUT2D eigenvalue weighted by Gasteiger charge is -2.10. The SMILES string of the molecule is CCOC(=O)c1ccc(N)c(CC(C)C)c1. The maximum atomic E-state index is 11.5. The van der Waals surface area contributed by atoms with Gasteiger partial charge in [0, 0.05) is 5.69 Å². The van der Waals surface area contributed by atoms with Crippen LogP contribution in [0.25, 0.3) is 0 Å². The van der Waals surface area contributed by atoms with Gasteiger partial charge in [0.1, 0.15) is 0 Å². The molecular weight excluding hydrogens is 202 g/mol. The standard InChI is InChI=1S/C13H19NO2/c1-4-16-13(15)10-5-6-12(14)11(8-10)7-9(2)3/h5-6,8-9H,4,7,14H2,1-3H3. The number of rotatable bonds is 4. The summed E-state index contributed by atoms with van der Waals surface area (Å²) in [6.07, 6.45) is 0.874. The molecule has 0 heterocycles. The summed E-state index contributed by atoms with van der Waals surface area (Å²) >= 11 is 0. The first kappa shape index (κ1) is 12.6. The lowest BCUT2D eigenvalue weighted by atomic mass is 9.99. The Morgan fingerprint density at radius 3 is 2.69 bits per heavy atom. The van der Waals surface area contributed by atoms with Crippen LogP contribution in [-0.2, 0) is 11.2 Å². The first-order valence-corrected chi connectivity index (χ1v) is 5.60. The van der Waals surface area contributed by atoms with Crippen molar-refractivity contribution in [2.75, 3.05) is 12.3 Å². The van der Waals surface area contributed by atoms with Gasteiger partial charge in [-0.1, -0.05) is 13.8 Å². The molecule has 1 rings (SSSR count). The van der Waals surface area contributed by atoms with Crippen LogP contribution in [0.5, 0.6) is 0 Å². The topological polar surface area (TPSA) is 52.3 Å². The van der Waals surface area contributed by atoms with E-state index >= 15 is 0 Å². The molecule has 0 aliphatic heterocycles. The Bertz CT molecular complexity index is 372. The van der Waals surface area contributed by atoms with E-state index in [9.17, 15) is 4.79 Å². The fourth-order valence-electron chi connectivity index (χ4n) is 1.56. The molecule has 88 valence electrons. The van der Waals surface area contributed by atoms with Crippen molar-refractivity contribution in [1.82, 2.24) is 0 Å². The van der Waals surface area contributed by atoms with Crippen LogP contribution in [0.1, 0.15) is 36.7 Å². The van der Waals surface area contributed by atoms with Gasteiger partial charge in [-0.05, 0) is 43.0 Å². The first-order valence-electron chi connectivity index (χ1n) is 5.60. The van der Waals surface area contributed by atoms with Gasteiger partial charge >= 0.3 is 5.97 Å². The van der Waals surface area contributed by atoms with Gasteiger partial charge in [-0.25, -0.2) is 4.79 Å². The van der Waals surface area contributed by atoms with Gasteiger partial charge in [-0.3, -0.25) is 0 Å². The van der Waals surface area contributed by atoms with E-state index in [1.54, 1.807) is 19.1 Å². The Balaban J connectivity index is 2.93. The van der Waals surface area contributed by atoms with E-state index < -0.39 is 0 Å². The third-order valence-electron chi connectivity index (χ3n) is 2.28. The average Bonchev–Trinajstić information content (AvgIpc) is 2.21. The summed E-state index contributed by atoms with van der Waals surface area (Å²) in [5.41, 5.74) is 8.19. The van der Waals surface area contributed by atoms with E-state index in [-0.39, 0.29) is 5.97 Å². The maximum absolute atomic E-state index is 11.5. The van der Waals surface area contributed by atoms with Crippen molar-refractivity contribution in [1.29, 1.82) is 0 Å². The van der Waals surface area contributed by atoms with Gasteiger partial charge in [0.05, 0.1) is 12.2 Å². The molecule has 0 bridgehead atoms. The molecule has 0 radical (unpaired) electrons. The average molecular weight is 221 g/mol. The molecule has 0 atom stereocenters. The maximum Gasteiger partial charge on any atom is 0.338 e. The second kappa shape index (κ2) is 5.54. The molecule has 0 amide bonds. The largest absolute Gasteiger partial charge is 0.462 e. The predicted molar refractivity (Wildman–Crippen MR) is 65.4 cm³/mol. The van der Waals surface area contributed by atoms with Crippen molar-refractivity contribution >= 4 is 11.7 Å². The Labute approximate surface area is 96.6 Å². The normalized spacial score (nSPS) is 10.5. The number of benzene rings is 1. The van der Waals surface area contributed by atoms with Crippen LogP contribution in [0.3, 0.4) is 0 Å². The number of anilines is 1. The summed E-state index contributed by atoms with van der Waals surface area (Å²) in [4.78, 5) is 11.5. The number of nitrogen functional groups attached to an aromatic ring is 1. The number of hydrogen-bond acceptors (Lipinski definition) is 3. The molecule has 0 aromatic heterocycles. The molecule has 2 N–H and O–H groups in total.